The van der Waals surface area contributed by atoms with Crippen LogP contribution in [0.3, 0.4) is 0 Å². The molecular formula is C15H30N2S. The second-order valence-corrected chi connectivity index (χ2v) is 7.08. The monoisotopic (exact) mass is 270 g/mol. The molecule has 1 aliphatic carbocycles. The van der Waals surface area contributed by atoms with Crippen molar-refractivity contribution < 1.29 is 0 Å². The summed E-state index contributed by atoms with van der Waals surface area (Å²) in [5.41, 5.74) is 0. The third-order valence-corrected chi connectivity index (χ3v) is 5.88. The number of thioether (sulfide) groups is 1. The van der Waals surface area contributed by atoms with Crippen LogP contribution in [0, 0.1) is 0 Å². The zero-order valence-corrected chi connectivity index (χ0v) is 13.0. The smallest absolute Gasteiger partial charge is 0.00823 e. The van der Waals surface area contributed by atoms with Crippen LogP contribution >= 0.6 is 11.8 Å². The van der Waals surface area contributed by atoms with Gasteiger partial charge in [-0.25, -0.2) is 0 Å². The number of likely N-dealkylation sites (tertiary alicyclic amines) is 1. The van der Waals surface area contributed by atoms with Crippen molar-refractivity contribution in [2.75, 3.05) is 25.9 Å². The van der Waals surface area contributed by atoms with Crippen molar-refractivity contribution in [3.63, 3.8) is 0 Å². The van der Waals surface area contributed by atoms with Gasteiger partial charge in [-0.15, -0.1) is 0 Å². The van der Waals surface area contributed by atoms with Crippen LogP contribution in [-0.2, 0) is 0 Å². The normalized spacial score (nSPS) is 35.3. The van der Waals surface area contributed by atoms with Crippen LogP contribution in [-0.4, -0.2) is 48.1 Å². The van der Waals surface area contributed by atoms with Gasteiger partial charge in [-0.2, -0.15) is 11.8 Å². The summed E-state index contributed by atoms with van der Waals surface area (Å²) in [6, 6.07) is 1.60. The first-order chi connectivity index (χ1) is 8.81. The van der Waals surface area contributed by atoms with Gasteiger partial charge in [0.2, 0.25) is 0 Å². The Kier molecular flexibility index (Phi) is 6.33. The summed E-state index contributed by atoms with van der Waals surface area (Å²) in [6.45, 7) is 6.13. The molecule has 18 heavy (non-hydrogen) atoms. The number of hydrogen-bond donors (Lipinski definition) is 1. The lowest BCUT2D eigenvalue weighted by Crippen LogP contribution is -2.41. The van der Waals surface area contributed by atoms with Gasteiger partial charge in [0, 0.05) is 17.3 Å². The van der Waals surface area contributed by atoms with Crippen molar-refractivity contribution in [2.24, 2.45) is 0 Å². The van der Waals surface area contributed by atoms with Crippen molar-refractivity contribution in [3.8, 4) is 0 Å². The fourth-order valence-corrected chi connectivity index (χ4v) is 4.18. The Morgan fingerprint density at radius 2 is 1.72 bits per heavy atom. The van der Waals surface area contributed by atoms with Crippen molar-refractivity contribution in [1.29, 1.82) is 0 Å². The van der Waals surface area contributed by atoms with Gasteiger partial charge < -0.3 is 10.2 Å². The summed E-state index contributed by atoms with van der Waals surface area (Å²) in [7, 11) is 0. The van der Waals surface area contributed by atoms with E-state index >= 15 is 0 Å². The molecule has 2 aliphatic rings. The highest BCUT2D eigenvalue weighted by Crippen LogP contribution is 2.27. The minimum Gasteiger partial charge on any atom is -0.311 e. The summed E-state index contributed by atoms with van der Waals surface area (Å²) < 4.78 is 0. The molecule has 0 aromatic heterocycles. The topological polar surface area (TPSA) is 15.3 Å². The highest BCUT2D eigenvalue weighted by Gasteiger charge is 2.23. The maximum atomic E-state index is 3.95. The lowest BCUT2D eigenvalue weighted by atomic mass is 9.93. The predicted molar refractivity (Wildman–Crippen MR) is 82.4 cm³/mol. The van der Waals surface area contributed by atoms with E-state index in [2.05, 4.69) is 35.2 Å². The van der Waals surface area contributed by atoms with Gasteiger partial charge in [0.05, 0.1) is 0 Å². The standard InChI is InChI=1S/C15H30N2S/c1-3-17-11-4-5-13(10-12-17)16-14-6-8-15(18-2)9-7-14/h13-16H,3-12H2,1-2H3. The van der Waals surface area contributed by atoms with E-state index in [-0.39, 0.29) is 0 Å². The molecule has 1 unspecified atom stereocenters. The Morgan fingerprint density at radius 1 is 1.00 bits per heavy atom. The maximum Gasteiger partial charge on any atom is 0.00823 e. The molecular weight excluding hydrogens is 240 g/mol. The molecule has 3 heteroatoms. The molecule has 106 valence electrons. The molecule has 0 radical (unpaired) electrons. The van der Waals surface area contributed by atoms with E-state index in [1.54, 1.807) is 0 Å². The third-order valence-electron chi connectivity index (χ3n) is 4.75. The summed E-state index contributed by atoms with van der Waals surface area (Å²) >= 11 is 2.07. The average molecular weight is 270 g/mol. The molecule has 1 heterocycles. The lowest BCUT2D eigenvalue weighted by Gasteiger charge is -2.31. The zero-order valence-electron chi connectivity index (χ0n) is 12.2. The van der Waals surface area contributed by atoms with Crippen molar-refractivity contribution in [1.82, 2.24) is 10.2 Å². The number of nitrogens with one attached hydrogen (secondary N) is 1. The van der Waals surface area contributed by atoms with E-state index in [4.69, 9.17) is 0 Å². The van der Waals surface area contributed by atoms with Crippen LogP contribution < -0.4 is 5.32 Å². The number of hydrogen-bond acceptors (Lipinski definition) is 3. The van der Waals surface area contributed by atoms with E-state index < -0.39 is 0 Å². The van der Waals surface area contributed by atoms with Crippen molar-refractivity contribution >= 4 is 11.8 Å². The molecule has 1 N–H and O–H groups in total. The van der Waals surface area contributed by atoms with Gasteiger partial charge in [-0.1, -0.05) is 6.92 Å². The van der Waals surface area contributed by atoms with E-state index in [1.807, 2.05) is 0 Å². The van der Waals surface area contributed by atoms with Crippen LogP contribution in [0.15, 0.2) is 0 Å². The minimum atomic E-state index is 0.789. The van der Waals surface area contributed by atoms with Gasteiger partial charge in [-0.05, 0) is 70.8 Å². The van der Waals surface area contributed by atoms with Crippen LogP contribution in [0.1, 0.15) is 51.9 Å². The second-order valence-electron chi connectivity index (χ2n) is 5.94. The summed E-state index contributed by atoms with van der Waals surface area (Å²) in [5, 5.41) is 4.89. The molecule has 2 fully saturated rings. The molecule has 0 aromatic rings. The Balaban J connectivity index is 1.70. The second kappa shape index (κ2) is 7.76. The van der Waals surface area contributed by atoms with Gasteiger partial charge >= 0.3 is 0 Å². The van der Waals surface area contributed by atoms with Crippen LogP contribution in [0.25, 0.3) is 0 Å². The van der Waals surface area contributed by atoms with Gasteiger partial charge in [0.1, 0.15) is 0 Å². The Bertz CT molecular complexity index is 227. The Morgan fingerprint density at radius 3 is 2.39 bits per heavy atom. The highest BCUT2D eigenvalue weighted by molar-refractivity contribution is 7.99. The van der Waals surface area contributed by atoms with Crippen molar-refractivity contribution in [2.45, 2.75) is 69.2 Å². The first kappa shape index (κ1) is 14.7. The quantitative estimate of drug-likeness (QED) is 0.845. The van der Waals surface area contributed by atoms with Crippen LogP contribution in [0.4, 0.5) is 0 Å². The lowest BCUT2D eigenvalue weighted by molar-refractivity contribution is 0.289. The summed E-state index contributed by atoms with van der Waals surface area (Å²) in [5.74, 6) is 0. The molecule has 1 atom stereocenters. The van der Waals surface area contributed by atoms with Gasteiger partial charge in [0.15, 0.2) is 0 Å². The average Bonchev–Trinajstić information content (AvgIpc) is 2.65. The molecule has 0 aromatic carbocycles. The van der Waals surface area contributed by atoms with Crippen LogP contribution in [0.5, 0.6) is 0 Å². The van der Waals surface area contributed by atoms with Gasteiger partial charge in [-0.3, -0.25) is 0 Å². The predicted octanol–water partition coefficient (Wildman–Crippen LogP) is 3.12. The molecule has 1 saturated carbocycles. The molecule has 2 rings (SSSR count). The fourth-order valence-electron chi connectivity index (χ4n) is 3.44. The number of nitrogens with zero attached hydrogens (tertiary/aromatic N) is 1. The summed E-state index contributed by atoms with van der Waals surface area (Å²) in [4.78, 5) is 2.60. The minimum absolute atomic E-state index is 0.789. The summed E-state index contributed by atoms with van der Waals surface area (Å²) in [6.07, 6.45) is 12.0. The van der Waals surface area contributed by atoms with Gasteiger partial charge in [0.25, 0.3) is 0 Å². The highest BCUT2D eigenvalue weighted by atomic mass is 32.2. The van der Waals surface area contributed by atoms with E-state index in [0.29, 0.717) is 0 Å². The Hall–Kier alpha value is 0.270. The van der Waals surface area contributed by atoms with E-state index in [1.165, 1.54) is 64.6 Å². The molecule has 1 aliphatic heterocycles. The third kappa shape index (κ3) is 4.43. The van der Waals surface area contributed by atoms with Crippen molar-refractivity contribution in [3.05, 3.63) is 0 Å². The zero-order chi connectivity index (χ0) is 12.8. The Labute approximate surface area is 117 Å². The molecule has 0 spiro atoms. The first-order valence-electron chi connectivity index (χ1n) is 7.83. The number of rotatable bonds is 4. The van der Waals surface area contributed by atoms with E-state index in [9.17, 15) is 0 Å². The molecule has 0 bridgehead atoms. The molecule has 0 amide bonds. The largest absolute Gasteiger partial charge is 0.311 e. The molecule has 2 nitrogen and oxygen atoms in total. The first-order valence-corrected chi connectivity index (χ1v) is 9.11. The van der Waals surface area contributed by atoms with Crippen LogP contribution in [0.2, 0.25) is 0 Å². The van der Waals surface area contributed by atoms with E-state index in [0.717, 1.165) is 17.3 Å². The SMILES string of the molecule is CCN1CCCC(NC2CCC(SC)CC2)CC1. The molecule has 1 saturated heterocycles. The maximum absolute atomic E-state index is 3.95. The fraction of sp³-hybridized carbons (Fsp3) is 1.00.